The molecular weight excluding hydrogens is 705 g/mol. The van der Waals surface area contributed by atoms with Crippen molar-refractivity contribution in [3.05, 3.63) is 217 Å². The molecule has 0 saturated carbocycles. The van der Waals surface area contributed by atoms with Gasteiger partial charge in [0.15, 0.2) is 5.82 Å². The molecular formula is C54H40N4. The molecule has 2 heterocycles. The van der Waals surface area contributed by atoms with Gasteiger partial charge in [0.1, 0.15) is 0 Å². The van der Waals surface area contributed by atoms with E-state index in [0.29, 0.717) is 5.82 Å². The summed E-state index contributed by atoms with van der Waals surface area (Å²) in [6.45, 7) is 4.46. The molecule has 4 nitrogen and oxygen atoms in total. The van der Waals surface area contributed by atoms with Crippen LogP contribution in [0.4, 0.5) is 17.1 Å². The van der Waals surface area contributed by atoms with Crippen molar-refractivity contribution in [3.8, 4) is 50.7 Å². The second-order valence-electron chi connectivity index (χ2n) is 14.8. The first-order valence-corrected chi connectivity index (χ1v) is 19.7. The van der Waals surface area contributed by atoms with Gasteiger partial charge in [0.25, 0.3) is 0 Å². The monoisotopic (exact) mass is 744 g/mol. The highest BCUT2D eigenvalue weighted by Crippen LogP contribution is 2.41. The number of benzene rings is 8. The molecule has 0 saturated heterocycles. The highest BCUT2D eigenvalue weighted by molar-refractivity contribution is 6.10. The van der Waals surface area contributed by atoms with Crippen LogP contribution in [0.3, 0.4) is 0 Å². The van der Waals surface area contributed by atoms with Crippen LogP contribution in [-0.4, -0.2) is 14.5 Å². The third-order valence-electron chi connectivity index (χ3n) is 11.0. The Labute approximate surface area is 339 Å². The van der Waals surface area contributed by atoms with Gasteiger partial charge in [0, 0.05) is 50.2 Å². The Balaban J connectivity index is 1.03. The van der Waals surface area contributed by atoms with E-state index in [1.54, 1.807) is 0 Å². The van der Waals surface area contributed by atoms with Crippen molar-refractivity contribution in [2.24, 2.45) is 0 Å². The van der Waals surface area contributed by atoms with Crippen molar-refractivity contribution >= 4 is 38.9 Å². The predicted octanol–water partition coefficient (Wildman–Crippen LogP) is 14.3. The lowest BCUT2D eigenvalue weighted by Crippen LogP contribution is -2.09. The molecule has 0 aliphatic carbocycles. The van der Waals surface area contributed by atoms with Gasteiger partial charge in [-0.1, -0.05) is 140 Å². The minimum absolute atomic E-state index is 0.717. The SMILES string of the molecule is Cc1cc(-n2c3ccccc3c3cc(N(c4ccccc4)c4ccccc4)ccc32)cc(C)c1-c1ccc(-c2cc(-c3ccccc3)nc(-c3ccccc3)n2)cc1. The Morgan fingerprint density at radius 3 is 1.47 bits per heavy atom. The lowest BCUT2D eigenvalue weighted by molar-refractivity contribution is 1.16. The van der Waals surface area contributed by atoms with Crippen LogP contribution in [0.15, 0.2) is 206 Å². The number of nitrogens with zero attached hydrogens (tertiary/aromatic N) is 4. The summed E-state index contributed by atoms with van der Waals surface area (Å²) in [5.74, 6) is 0.717. The number of anilines is 3. The van der Waals surface area contributed by atoms with Gasteiger partial charge in [-0.15, -0.1) is 0 Å². The third kappa shape index (κ3) is 6.41. The van der Waals surface area contributed by atoms with Gasteiger partial charge >= 0.3 is 0 Å². The van der Waals surface area contributed by atoms with Crippen molar-refractivity contribution in [3.63, 3.8) is 0 Å². The van der Waals surface area contributed by atoms with E-state index in [2.05, 4.69) is 193 Å². The van der Waals surface area contributed by atoms with Crippen molar-refractivity contribution < 1.29 is 0 Å². The van der Waals surface area contributed by atoms with Crippen LogP contribution in [-0.2, 0) is 0 Å². The highest BCUT2D eigenvalue weighted by atomic mass is 15.1. The van der Waals surface area contributed by atoms with E-state index in [-0.39, 0.29) is 0 Å². The molecule has 4 heteroatoms. The molecule has 0 radical (unpaired) electrons. The Morgan fingerprint density at radius 1 is 0.379 bits per heavy atom. The van der Waals surface area contributed by atoms with Crippen molar-refractivity contribution in [1.29, 1.82) is 0 Å². The Bertz CT molecular complexity index is 2920. The zero-order chi connectivity index (χ0) is 39.0. The van der Waals surface area contributed by atoms with Gasteiger partial charge in [-0.25, -0.2) is 9.97 Å². The molecule has 58 heavy (non-hydrogen) atoms. The number of rotatable bonds is 8. The van der Waals surface area contributed by atoms with Gasteiger partial charge < -0.3 is 9.47 Å². The molecule has 0 N–H and O–H groups in total. The zero-order valence-corrected chi connectivity index (χ0v) is 32.4. The van der Waals surface area contributed by atoms with Gasteiger partial charge in [0.05, 0.1) is 22.4 Å². The molecule has 0 fully saturated rings. The Morgan fingerprint density at radius 2 is 0.862 bits per heavy atom. The minimum Gasteiger partial charge on any atom is -0.310 e. The molecule has 2 aromatic heterocycles. The summed E-state index contributed by atoms with van der Waals surface area (Å²) in [5.41, 5.74) is 16.7. The van der Waals surface area contributed by atoms with E-state index < -0.39 is 0 Å². The molecule has 0 aliphatic rings. The molecule has 10 rings (SSSR count). The number of aryl methyl sites for hydroxylation is 2. The molecule has 0 bridgehead atoms. The summed E-state index contributed by atoms with van der Waals surface area (Å²) in [6, 6.07) is 72.9. The fraction of sp³-hybridized carbons (Fsp3) is 0.0370. The average Bonchev–Trinajstić information content (AvgIpc) is 3.61. The van der Waals surface area contributed by atoms with Gasteiger partial charge in [0.2, 0.25) is 0 Å². The fourth-order valence-corrected chi connectivity index (χ4v) is 8.38. The quantitative estimate of drug-likeness (QED) is 0.155. The van der Waals surface area contributed by atoms with Crippen LogP contribution in [0.25, 0.3) is 72.5 Å². The number of para-hydroxylation sites is 3. The van der Waals surface area contributed by atoms with E-state index >= 15 is 0 Å². The summed E-state index contributed by atoms with van der Waals surface area (Å²) < 4.78 is 2.42. The largest absolute Gasteiger partial charge is 0.310 e. The molecule has 0 amide bonds. The smallest absolute Gasteiger partial charge is 0.160 e. The molecule has 276 valence electrons. The average molecular weight is 745 g/mol. The molecule has 8 aromatic carbocycles. The van der Waals surface area contributed by atoms with E-state index in [1.165, 1.54) is 44.1 Å². The Hall–Kier alpha value is -7.56. The summed E-state index contributed by atoms with van der Waals surface area (Å²) in [5, 5.41) is 2.45. The van der Waals surface area contributed by atoms with Crippen molar-refractivity contribution in [2.45, 2.75) is 13.8 Å². The van der Waals surface area contributed by atoms with Gasteiger partial charge in [-0.3, -0.25) is 0 Å². The predicted molar refractivity (Wildman–Crippen MR) is 242 cm³/mol. The Kier molecular flexibility index (Phi) is 8.92. The highest BCUT2D eigenvalue weighted by Gasteiger charge is 2.19. The van der Waals surface area contributed by atoms with Crippen molar-refractivity contribution in [2.75, 3.05) is 4.90 Å². The van der Waals surface area contributed by atoms with Gasteiger partial charge in [-0.2, -0.15) is 0 Å². The molecule has 0 aliphatic heterocycles. The topological polar surface area (TPSA) is 34.0 Å². The maximum Gasteiger partial charge on any atom is 0.160 e. The summed E-state index contributed by atoms with van der Waals surface area (Å²) >= 11 is 0. The van der Waals surface area contributed by atoms with E-state index in [0.717, 1.165) is 50.8 Å². The second-order valence-corrected chi connectivity index (χ2v) is 14.8. The van der Waals surface area contributed by atoms with Crippen LogP contribution in [0.1, 0.15) is 11.1 Å². The molecule has 10 aromatic rings. The van der Waals surface area contributed by atoms with Crippen LogP contribution >= 0.6 is 0 Å². The van der Waals surface area contributed by atoms with Crippen molar-refractivity contribution in [1.82, 2.24) is 14.5 Å². The number of hydrogen-bond donors (Lipinski definition) is 0. The molecule has 0 spiro atoms. The summed E-state index contributed by atoms with van der Waals surface area (Å²) in [7, 11) is 0. The van der Waals surface area contributed by atoms with Gasteiger partial charge in [-0.05, 0) is 103 Å². The van der Waals surface area contributed by atoms with Crippen LogP contribution in [0, 0.1) is 13.8 Å². The number of fused-ring (bicyclic) bond motifs is 3. The maximum atomic E-state index is 5.06. The standard InChI is InChI=1S/C54H40N4/c1-37-33-46(58-51-26-16-15-25-47(51)48-35-45(31-32-52(48)58)57(43-21-11-5-12-22-43)44-23-13-6-14-24-44)34-38(2)53(37)41-29-27-40(28-30-41)50-36-49(39-17-7-3-8-18-39)55-54(56-50)42-19-9-4-10-20-42/h3-36H,1-2H3. The third-order valence-corrected chi connectivity index (χ3v) is 11.0. The minimum atomic E-state index is 0.717. The lowest BCUT2D eigenvalue weighted by atomic mass is 9.94. The second kappa shape index (κ2) is 14.8. The normalized spacial score (nSPS) is 11.3. The number of aromatic nitrogens is 3. The molecule has 0 unspecified atom stereocenters. The molecule has 0 atom stereocenters. The maximum absolute atomic E-state index is 5.06. The van der Waals surface area contributed by atoms with E-state index in [4.69, 9.17) is 9.97 Å². The van der Waals surface area contributed by atoms with E-state index in [1.807, 2.05) is 36.4 Å². The summed E-state index contributed by atoms with van der Waals surface area (Å²) in [6.07, 6.45) is 0. The van der Waals surface area contributed by atoms with Crippen LogP contribution < -0.4 is 4.90 Å². The lowest BCUT2D eigenvalue weighted by Gasteiger charge is -2.25. The van der Waals surface area contributed by atoms with Crippen LogP contribution in [0.5, 0.6) is 0 Å². The van der Waals surface area contributed by atoms with E-state index in [9.17, 15) is 0 Å². The fourth-order valence-electron chi connectivity index (χ4n) is 8.38. The number of hydrogen-bond acceptors (Lipinski definition) is 3. The zero-order valence-electron chi connectivity index (χ0n) is 32.4. The first-order valence-electron chi connectivity index (χ1n) is 19.7. The first-order chi connectivity index (χ1) is 28.6. The van der Waals surface area contributed by atoms with Crippen LogP contribution in [0.2, 0.25) is 0 Å². The summed E-state index contributed by atoms with van der Waals surface area (Å²) in [4.78, 5) is 12.4. The first kappa shape index (κ1) is 34.9.